The smallest absolute Gasteiger partial charge is 0.462 e. The van der Waals surface area contributed by atoms with Crippen LogP contribution in [0.4, 0.5) is 0 Å². The molecule has 0 bridgehead atoms. The fourth-order valence-corrected chi connectivity index (χ4v) is 10.7. The number of likely N-dealkylation sites (N-methyl/N-ethyl adjacent to an activating group) is 1. The number of rotatable bonds is 64. The van der Waals surface area contributed by atoms with Crippen molar-refractivity contribution in [2.75, 3.05) is 47.5 Å². The van der Waals surface area contributed by atoms with E-state index in [0.717, 1.165) is 83.5 Å². The van der Waals surface area contributed by atoms with Crippen LogP contribution < -0.4 is 0 Å². The molecule has 0 rings (SSSR count). The average molecular weight is 1170 g/mol. The van der Waals surface area contributed by atoms with E-state index >= 15 is 0 Å². The standard InChI is InChI=1S/C72H132NO8P/c1-6-8-10-12-14-16-18-20-22-24-26-28-30-32-34-35-36-37-39-40-42-44-46-48-50-52-54-56-58-60-62-64-71(74)78-68-70(69-80-82(76,77)79-67-66-73(3,4)5)81-72(75)65-63-61-59-57-55-53-51-49-47-45-43-41-38-33-31-29-27-25-23-21-19-17-15-13-11-9-7-2/h9,11,15,17,21,23,27,29,33,38,43,45,70H,6-8,10,12-14,16,18-20,22,24-26,28,30-32,34-37,39-42,44,46-69H2,1-5H3/p+1/b11-9-,17-15-,23-21-,29-27-,38-33-,45-43-. The van der Waals surface area contributed by atoms with Gasteiger partial charge >= 0.3 is 19.8 Å². The summed E-state index contributed by atoms with van der Waals surface area (Å²) in [6.07, 6.45) is 84.4. The summed E-state index contributed by atoms with van der Waals surface area (Å²) in [5, 5.41) is 0. The zero-order valence-electron chi connectivity index (χ0n) is 54.5. The lowest BCUT2D eigenvalue weighted by Gasteiger charge is -2.24. The predicted octanol–water partition coefficient (Wildman–Crippen LogP) is 22.4. The van der Waals surface area contributed by atoms with Crippen molar-refractivity contribution in [1.29, 1.82) is 0 Å². The van der Waals surface area contributed by atoms with Gasteiger partial charge in [0, 0.05) is 12.8 Å². The minimum Gasteiger partial charge on any atom is -0.462 e. The van der Waals surface area contributed by atoms with Crippen LogP contribution >= 0.6 is 7.82 Å². The summed E-state index contributed by atoms with van der Waals surface area (Å²) >= 11 is 0. The largest absolute Gasteiger partial charge is 0.472 e. The molecule has 0 amide bonds. The van der Waals surface area contributed by atoms with Crippen LogP contribution in [0.5, 0.6) is 0 Å². The second-order valence-corrected chi connectivity index (χ2v) is 26.0. The van der Waals surface area contributed by atoms with Crippen molar-refractivity contribution >= 4 is 19.8 Å². The lowest BCUT2D eigenvalue weighted by atomic mass is 10.0. The zero-order valence-corrected chi connectivity index (χ0v) is 55.4. The second kappa shape index (κ2) is 63.0. The molecule has 2 atom stereocenters. The molecule has 10 heteroatoms. The second-order valence-electron chi connectivity index (χ2n) is 24.5. The number of phosphoric ester groups is 1. The number of carbonyl (C=O) groups excluding carboxylic acids is 2. The lowest BCUT2D eigenvalue weighted by molar-refractivity contribution is -0.870. The van der Waals surface area contributed by atoms with Gasteiger partial charge in [0.2, 0.25) is 0 Å². The van der Waals surface area contributed by atoms with Crippen LogP contribution in [0.2, 0.25) is 0 Å². The van der Waals surface area contributed by atoms with Crippen LogP contribution in [0, 0.1) is 0 Å². The van der Waals surface area contributed by atoms with Gasteiger partial charge in [0.25, 0.3) is 0 Å². The molecule has 0 spiro atoms. The molecule has 0 saturated carbocycles. The maximum absolute atomic E-state index is 12.9. The summed E-state index contributed by atoms with van der Waals surface area (Å²) in [6.45, 7) is 4.36. The van der Waals surface area contributed by atoms with Gasteiger partial charge in [-0.15, -0.1) is 0 Å². The van der Waals surface area contributed by atoms with Gasteiger partial charge in [-0.3, -0.25) is 18.6 Å². The summed E-state index contributed by atoms with van der Waals surface area (Å²) in [6, 6.07) is 0. The molecule has 0 aromatic rings. The minimum absolute atomic E-state index is 0.0285. The van der Waals surface area contributed by atoms with Crippen molar-refractivity contribution in [2.45, 2.75) is 328 Å². The number of hydrogen-bond acceptors (Lipinski definition) is 7. The summed E-state index contributed by atoms with van der Waals surface area (Å²) in [7, 11) is 1.48. The number of unbranched alkanes of at least 4 members (excludes halogenated alkanes) is 38. The van der Waals surface area contributed by atoms with Crippen molar-refractivity contribution in [2.24, 2.45) is 0 Å². The van der Waals surface area contributed by atoms with Crippen LogP contribution in [0.15, 0.2) is 72.9 Å². The Morgan fingerprint density at radius 1 is 0.390 bits per heavy atom. The number of hydrogen-bond donors (Lipinski definition) is 1. The van der Waals surface area contributed by atoms with E-state index in [1.54, 1.807) is 0 Å². The molecule has 0 aromatic heterocycles. The topological polar surface area (TPSA) is 108 Å². The van der Waals surface area contributed by atoms with Gasteiger partial charge in [0.1, 0.15) is 19.8 Å². The van der Waals surface area contributed by atoms with Crippen molar-refractivity contribution in [3.05, 3.63) is 72.9 Å². The lowest BCUT2D eigenvalue weighted by Crippen LogP contribution is -2.37. The highest BCUT2D eigenvalue weighted by Gasteiger charge is 2.27. The Bertz CT molecular complexity index is 1610. The normalized spacial score (nSPS) is 13.6. The average Bonchev–Trinajstić information content (AvgIpc) is 3.46. The highest BCUT2D eigenvalue weighted by Crippen LogP contribution is 2.43. The zero-order chi connectivity index (χ0) is 59.8. The molecule has 0 aliphatic rings. The molecule has 2 unspecified atom stereocenters. The van der Waals surface area contributed by atoms with Gasteiger partial charge in [-0.1, -0.05) is 318 Å². The van der Waals surface area contributed by atoms with Gasteiger partial charge < -0.3 is 18.9 Å². The third-order valence-electron chi connectivity index (χ3n) is 15.3. The quantitative estimate of drug-likeness (QED) is 0.0211. The molecule has 0 radical (unpaired) electrons. The van der Waals surface area contributed by atoms with Crippen LogP contribution in [0.1, 0.15) is 322 Å². The number of quaternary nitrogens is 1. The molecular formula is C72H133NO8P+. The number of ether oxygens (including phenoxy) is 2. The number of esters is 2. The predicted molar refractivity (Wildman–Crippen MR) is 353 cm³/mol. The van der Waals surface area contributed by atoms with Crippen molar-refractivity contribution < 1.29 is 42.1 Å². The Labute approximate surface area is 508 Å². The van der Waals surface area contributed by atoms with E-state index < -0.39 is 26.5 Å². The summed E-state index contributed by atoms with van der Waals surface area (Å²) in [4.78, 5) is 35.9. The highest BCUT2D eigenvalue weighted by molar-refractivity contribution is 7.47. The Morgan fingerprint density at radius 2 is 0.695 bits per heavy atom. The van der Waals surface area contributed by atoms with E-state index in [1.165, 1.54) is 205 Å². The van der Waals surface area contributed by atoms with E-state index in [0.29, 0.717) is 17.4 Å². The maximum atomic E-state index is 12.9. The first-order valence-corrected chi connectivity index (χ1v) is 36.2. The molecule has 0 aromatic carbocycles. The molecule has 0 fully saturated rings. The van der Waals surface area contributed by atoms with Crippen molar-refractivity contribution in [3.63, 3.8) is 0 Å². The number of phosphoric acid groups is 1. The van der Waals surface area contributed by atoms with Gasteiger partial charge in [-0.2, -0.15) is 0 Å². The fourth-order valence-electron chi connectivity index (χ4n) is 9.96. The number of carbonyl (C=O) groups is 2. The molecule has 82 heavy (non-hydrogen) atoms. The summed E-state index contributed by atoms with van der Waals surface area (Å²) in [5.74, 6) is -0.796. The minimum atomic E-state index is -4.40. The third-order valence-corrected chi connectivity index (χ3v) is 16.2. The van der Waals surface area contributed by atoms with Gasteiger partial charge in [-0.05, 0) is 64.2 Å². The molecule has 0 aliphatic carbocycles. The van der Waals surface area contributed by atoms with Crippen molar-refractivity contribution in [3.8, 4) is 0 Å². The number of nitrogens with zero attached hydrogens (tertiary/aromatic N) is 1. The fraction of sp³-hybridized carbons (Fsp3) is 0.806. The molecule has 0 heterocycles. The Kier molecular flexibility index (Phi) is 61.0. The molecular weight excluding hydrogens is 1040 g/mol. The first kappa shape index (κ1) is 79.5. The monoisotopic (exact) mass is 1170 g/mol. The Hall–Kier alpha value is -2.55. The van der Waals surface area contributed by atoms with Gasteiger partial charge in [0.05, 0.1) is 27.7 Å². The Morgan fingerprint density at radius 3 is 1.04 bits per heavy atom. The van der Waals surface area contributed by atoms with E-state index in [4.69, 9.17) is 18.5 Å². The van der Waals surface area contributed by atoms with E-state index in [9.17, 15) is 19.0 Å². The molecule has 0 saturated heterocycles. The Balaban J connectivity index is 4.05. The maximum Gasteiger partial charge on any atom is 0.472 e. The third kappa shape index (κ3) is 66.6. The van der Waals surface area contributed by atoms with E-state index in [1.807, 2.05) is 21.1 Å². The van der Waals surface area contributed by atoms with E-state index in [-0.39, 0.29) is 32.0 Å². The van der Waals surface area contributed by atoms with E-state index in [2.05, 4.69) is 86.8 Å². The summed E-state index contributed by atoms with van der Waals surface area (Å²) in [5.41, 5.74) is 0. The molecule has 9 nitrogen and oxygen atoms in total. The van der Waals surface area contributed by atoms with Gasteiger partial charge in [-0.25, -0.2) is 4.57 Å². The molecule has 478 valence electrons. The van der Waals surface area contributed by atoms with Gasteiger partial charge in [0.15, 0.2) is 6.10 Å². The molecule has 0 aliphatic heterocycles. The highest BCUT2D eigenvalue weighted by atomic mass is 31.2. The first-order chi connectivity index (χ1) is 40.0. The number of allylic oxidation sites excluding steroid dienone is 12. The van der Waals surface area contributed by atoms with Crippen molar-refractivity contribution in [1.82, 2.24) is 0 Å². The van der Waals surface area contributed by atoms with Crippen LogP contribution in [0.25, 0.3) is 0 Å². The SMILES string of the molecule is CC/C=C\C/C=C\C/C=C\C/C=C\C/C=C\C/C=C\CCCCCCCCCCC(=O)OC(COC(=O)CCCCCCCCCCCCCCCCCCCCCCCCCCCCCCCCC)COP(=O)(O)OCC[N+](C)(C)C. The van der Waals surface area contributed by atoms with Crippen LogP contribution in [0.3, 0.4) is 0 Å². The summed E-state index contributed by atoms with van der Waals surface area (Å²) < 4.78 is 34.7. The van der Waals surface area contributed by atoms with Crippen LogP contribution in [-0.2, 0) is 32.7 Å². The molecule has 1 N–H and O–H groups in total. The van der Waals surface area contributed by atoms with Crippen LogP contribution in [-0.4, -0.2) is 74.9 Å². The first-order valence-electron chi connectivity index (χ1n) is 34.7.